The van der Waals surface area contributed by atoms with E-state index in [1.54, 1.807) is 11.3 Å². The Kier molecular flexibility index (Phi) is 5.06. The number of rotatable bonds is 5. The van der Waals surface area contributed by atoms with E-state index in [1.165, 1.54) is 11.3 Å². The first kappa shape index (κ1) is 17.2. The summed E-state index contributed by atoms with van der Waals surface area (Å²) in [5.41, 5.74) is 3.66. The smallest absolute Gasteiger partial charge is 0.236 e. The monoisotopic (exact) mass is 346 g/mol. The molecule has 0 N–H and O–H groups in total. The lowest BCUT2D eigenvalue weighted by molar-refractivity contribution is -0.131. The molecule has 0 atom stereocenters. The number of aromatic nitrogens is 2. The Morgan fingerprint density at radius 1 is 1.46 bits per heavy atom. The number of imidazole rings is 1. The highest BCUT2D eigenvalue weighted by Gasteiger charge is 2.25. The van der Waals surface area contributed by atoms with Crippen LogP contribution in [0.1, 0.15) is 42.5 Å². The lowest BCUT2D eigenvalue weighted by Crippen LogP contribution is -2.40. The summed E-state index contributed by atoms with van der Waals surface area (Å²) in [4.78, 5) is 21.3. The van der Waals surface area contributed by atoms with Crippen molar-refractivity contribution in [2.75, 3.05) is 20.1 Å². The van der Waals surface area contributed by atoms with Gasteiger partial charge in [0.05, 0.1) is 12.2 Å². The van der Waals surface area contributed by atoms with Gasteiger partial charge < -0.3 is 9.47 Å². The van der Waals surface area contributed by atoms with Gasteiger partial charge in [-0.25, -0.2) is 4.98 Å². The number of amides is 1. The second kappa shape index (κ2) is 7.07. The molecule has 0 spiro atoms. The Bertz CT molecular complexity index is 705. The summed E-state index contributed by atoms with van der Waals surface area (Å²) < 4.78 is 2.24. The molecule has 1 aliphatic rings. The predicted molar refractivity (Wildman–Crippen MR) is 97.1 cm³/mol. The van der Waals surface area contributed by atoms with E-state index in [9.17, 15) is 4.79 Å². The van der Waals surface area contributed by atoms with Gasteiger partial charge in [0.25, 0.3) is 0 Å². The zero-order chi connectivity index (χ0) is 17.3. The standard InChI is InChI=1S/C18H26N4OS/c1-13(2)18-19-15-10-22(7-5-16(15)21(18)4)11-17(23)20(3)9-14-6-8-24-12-14/h6,8,12-13H,5,7,9-11H2,1-4H3. The normalized spacial score (nSPS) is 14.9. The van der Waals surface area contributed by atoms with Crippen LogP contribution < -0.4 is 0 Å². The van der Waals surface area contributed by atoms with Crippen LogP contribution in [0.5, 0.6) is 0 Å². The second-order valence-electron chi connectivity index (χ2n) is 6.92. The van der Waals surface area contributed by atoms with Gasteiger partial charge in [0, 0.05) is 51.8 Å². The minimum atomic E-state index is 0.171. The molecule has 5 nitrogen and oxygen atoms in total. The van der Waals surface area contributed by atoms with Crippen molar-refractivity contribution in [1.82, 2.24) is 19.4 Å². The number of thiophene rings is 1. The Labute approximate surface area is 147 Å². The van der Waals surface area contributed by atoms with Gasteiger partial charge in [-0.2, -0.15) is 11.3 Å². The lowest BCUT2D eigenvalue weighted by Gasteiger charge is -2.28. The van der Waals surface area contributed by atoms with Gasteiger partial charge in [-0.1, -0.05) is 13.8 Å². The Balaban J connectivity index is 1.61. The number of carbonyl (C=O) groups excluding carboxylic acids is 1. The lowest BCUT2D eigenvalue weighted by atomic mass is 10.1. The summed E-state index contributed by atoms with van der Waals surface area (Å²) in [5, 5.41) is 4.14. The molecule has 0 bridgehead atoms. The maximum atomic E-state index is 12.5. The molecular formula is C18H26N4OS. The quantitative estimate of drug-likeness (QED) is 0.836. The van der Waals surface area contributed by atoms with Crippen LogP contribution in [-0.2, 0) is 31.4 Å². The molecule has 0 fully saturated rings. The zero-order valence-corrected chi connectivity index (χ0v) is 15.8. The van der Waals surface area contributed by atoms with E-state index in [0.717, 1.165) is 31.0 Å². The first-order chi connectivity index (χ1) is 11.5. The van der Waals surface area contributed by atoms with Crippen molar-refractivity contribution in [1.29, 1.82) is 0 Å². The molecule has 0 aliphatic carbocycles. The van der Waals surface area contributed by atoms with Crippen LogP contribution in [0.2, 0.25) is 0 Å². The van der Waals surface area contributed by atoms with Crippen LogP contribution in [0.3, 0.4) is 0 Å². The summed E-state index contributed by atoms with van der Waals surface area (Å²) in [5.74, 6) is 1.74. The van der Waals surface area contributed by atoms with E-state index >= 15 is 0 Å². The summed E-state index contributed by atoms with van der Waals surface area (Å²) in [6, 6.07) is 2.07. The van der Waals surface area contributed by atoms with Crippen molar-refractivity contribution < 1.29 is 4.79 Å². The van der Waals surface area contributed by atoms with E-state index in [4.69, 9.17) is 4.98 Å². The molecule has 1 amide bonds. The Hall–Kier alpha value is -1.66. The third kappa shape index (κ3) is 3.54. The minimum Gasteiger partial charge on any atom is -0.340 e. The number of fused-ring (bicyclic) bond motifs is 1. The molecule has 3 rings (SSSR count). The van der Waals surface area contributed by atoms with Crippen molar-refractivity contribution in [3.05, 3.63) is 39.6 Å². The molecule has 0 radical (unpaired) electrons. The summed E-state index contributed by atoms with van der Waals surface area (Å²) in [7, 11) is 3.99. The van der Waals surface area contributed by atoms with Gasteiger partial charge in [0.15, 0.2) is 0 Å². The zero-order valence-electron chi connectivity index (χ0n) is 15.0. The molecule has 2 aromatic rings. The van der Waals surface area contributed by atoms with Crippen molar-refractivity contribution in [2.45, 2.75) is 39.3 Å². The first-order valence-electron chi connectivity index (χ1n) is 8.47. The Morgan fingerprint density at radius 3 is 2.92 bits per heavy atom. The summed E-state index contributed by atoms with van der Waals surface area (Å²) in [6.45, 7) is 7.19. The topological polar surface area (TPSA) is 41.4 Å². The van der Waals surface area contributed by atoms with Crippen molar-refractivity contribution in [3.63, 3.8) is 0 Å². The molecule has 130 valence electrons. The van der Waals surface area contributed by atoms with Crippen LogP contribution in [0.4, 0.5) is 0 Å². The van der Waals surface area contributed by atoms with E-state index in [-0.39, 0.29) is 5.91 Å². The van der Waals surface area contributed by atoms with Crippen molar-refractivity contribution in [3.8, 4) is 0 Å². The highest BCUT2D eigenvalue weighted by molar-refractivity contribution is 7.07. The third-order valence-electron chi connectivity index (χ3n) is 4.67. The molecule has 6 heteroatoms. The maximum Gasteiger partial charge on any atom is 0.236 e. The van der Waals surface area contributed by atoms with Crippen LogP contribution in [0.15, 0.2) is 16.8 Å². The third-order valence-corrected chi connectivity index (χ3v) is 5.40. The van der Waals surface area contributed by atoms with Gasteiger partial charge in [0.2, 0.25) is 5.91 Å². The molecule has 0 unspecified atom stereocenters. The van der Waals surface area contributed by atoms with Gasteiger partial charge in [-0.05, 0) is 22.4 Å². The van der Waals surface area contributed by atoms with Crippen molar-refractivity contribution in [2.24, 2.45) is 7.05 Å². The SMILES string of the molecule is CC(C)c1nc2c(n1C)CCN(CC(=O)N(C)Cc1ccsc1)C2. The average molecular weight is 346 g/mol. The van der Waals surface area contributed by atoms with Crippen LogP contribution in [0.25, 0.3) is 0 Å². The van der Waals surface area contributed by atoms with Crippen LogP contribution in [0, 0.1) is 0 Å². The molecule has 3 heterocycles. The largest absolute Gasteiger partial charge is 0.340 e. The molecule has 2 aromatic heterocycles. The number of nitrogens with zero attached hydrogens (tertiary/aromatic N) is 4. The van der Waals surface area contributed by atoms with Gasteiger partial charge in [0.1, 0.15) is 5.82 Å². The second-order valence-corrected chi connectivity index (χ2v) is 7.70. The highest BCUT2D eigenvalue weighted by atomic mass is 32.1. The van der Waals surface area contributed by atoms with E-state index in [1.807, 2.05) is 17.3 Å². The average Bonchev–Trinajstić information content (AvgIpc) is 3.15. The van der Waals surface area contributed by atoms with Gasteiger partial charge in [-0.3, -0.25) is 9.69 Å². The minimum absolute atomic E-state index is 0.171. The van der Waals surface area contributed by atoms with E-state index < -0.39 is 0 Å². The first-order valence-corrected chi connectivity index (χ1v) is 9.41. The molecule has 0 aromatic carbocycles. The van der Waals surface area contributed by atoms with Gasteiger partial charge >= 0.3 is 0 Å². The van der Waals surface area contributed by atoms with Gasteiger partial charge in [-0.15, -0.1) is 0 Å². The molecule has 1 aliphatic heterocycles. The number of hydrogen-bond donors (Lipinski definition) is 0. The maximum absolute atomic E-state index is 12.5. The highest BCUT2D eigenvalue weighted by Crippen LogP contribution is 2.23. The Morgan fingerprint density at radius 2 is 2.25 bits per heavy atom. The molecule has 24 heavy (non-hydrogen) atoms. The fourth-order valence-corrected chi connectivity index (χ4v) is 3.97. The van der Waals surface area contributed by atoms with E-state index in [2.05, 4.69) is 41.8 Å². The molecular weight excluding hydrogens is 320 g/mol. The molecule has 0 saturated heterocycles. The number of hydrogen-bond acceptors (Lipinski definition) is 4. The van der Waals surface area contributed by atoms with E-state index in [0.29, 0.717) is 19.0 Å². The summed E-state index contributed by atoms with van der Waals surface area (Å²) >= 11 is 1.67. The van der Waals surface area contributed by atoms with Crippen LogP contribution >= 0.6 is 11.3 Å². The fraction of sp³-hybridized carbons (Fsp3) is 0.556. The van der Waals surface area contributed by atoms with Crippen molar-refractivity contribution >= 4 is 17.2 Å². The summed E-state index contributed by atoms with van der Waals surface area (Å²) in [6.07, 6.45) is 0.965. The fourth-order valence-electron chi connectivity index (χ4n) is 3.31. The molecule has 0 saturated carbocycles. The number of carbonyl (C=O) groups is 1. The number of likely N-dealkylation sites (N-methyl/N-ethyl adjacent to an activating group) is 1. The van der Waals surface area contributed by atoms with Crippen LogP contribution in [-0.4, -0.2) is 45.4 Å². The predicted octanol–water partition coefficient (Wildman–Crippen LogP) is 2.62.